The fraction of sp³-hybridized carbons (Fsp3) is 0.474. The minimum Gasteiger partial charge on any atom is -0.463 e. The van der Waals surface area contributed by atoms with Crippen molar-refractivity contribution in [1.82, 2.24) is 19.8 Å². The van der Waals surface area contributed by atoms with Crippen molar-refractivity contribution in [3.63, 3.8) is 0 Å². The van der Waals surface area contributed by atoms with Gasteiger partial charge in [0.25, 0.3) is 0 Å². The minimum atomic E-state index is -3.53. The van der Waals surface area contributed by atoms with Gasteiger partial charge in [-0.1, -0.05) is 18.2 Å². The Bertz CT molecular complexity index is 892. The number of nitrogens with one attached hydrogen (secondary N) is 2. The molecule has 3 rings (SSSR count). The Morgan fingerprint density at radius 3 is 2.45 bits per heavy atom. The first-order valence-electron chi connectivity index (χ1n) is 9.58. The standard InChI is InChI=1S/C19H26N4O5S/c1-3-28-18(24)17-14(2)20-19(25)21-16(17)13-22-9-11-23(12-10-22)29(26,27)15-7-5-4-6-8-15/h4-8,14H,3,9-13H2,1-2H3,(H2,20,21,25)/t14-/m1/s1. The summed E-state index contributed by atoms with van der Waals surface area (Å²) in [7, 11) is -3.53. The predicted molar refractivity (Wildman–Crippen MR) is 106 cm³/mol. The van der Waals surface area contributed by atoms with Crippen molar-refractivity contribution in [3.8, 4) is 0 Å². The average molecular weight is 423 g/mol. The van der Waals surface area contributed by atoms with Crippen molar-refractivity contribution in [2.45, 2.75) is 24.8 Å². The quantitative estimate of drug-likeness (QED) is 0.647. The lowest BCUT2D eigenvalue weighted by molar-refractivity contribution is -0.139. The number of urea groups is 1. The molecule has 158 valence electrons. The fourth-order valence-electron chi connectivity index (χ4n) is 3.50. The highest BCUT2D eigenvalue weighted by molar-refractivity contribution is 7.89. The first kappa shape index (κ1) is 21.3. The molecule has 1 aromatic rings. The maximum absolute atomic E-state index is 12.8. The van der Waals surface area contributed by atoms with E-state index in [1.807, 2.05) is 4.90 Å². The Hall–Kier alpha value is -2.43. The molecule has 29 heavy (non-hydrogen) atoms. The van der Waals surface area contributed by atoms with Crippen molar-refractivity contribution in [1.29, 1.82) is 0 Å². The van der Waals surface area contributed by atoms with Crippen molar-refractivity contribution >= 4 is 22.0 Å². The Balaban J connectivity index is 1.69. The molecule has 0 aliphatic carbocycles. The molecule has 1 saturated heterocycles. The van der Waals surface area contributed by atoms with Gasteiger partial charge in [0, 0.05) is 38.4 Å². The monoisotopic (exact) mass is 422 g/mol. The third-order valence-electron chi connectivity index (χ3n) is 4.96. The summed E-state index contributed by atoms with van der Waals surface area (Å²) in [6, 6.07) is 7.53. The molecule has 1 fully saturated rings. The summed E-state index contributed by atoms with van der Waals surface area (Å²) >= 11 is 0. The third kappa shape index (κ3) is 4.77. The van der Waals surface area contributed by atoms with E-state index in [1.54, 1.807) is 44.2 Å². The van der Waals surface area contributed by atoms with Gasteiger partial charge >= 0.3 is 12.0 Å². The van der Waals surface area contributed by atoms with Gasteiger partial charge in [0.15, 0.2) is 0 Å². The van der Waals surface area contributed by atoms with Crippen molar-refractivity contribution in [2.24, 2.45) is 0 Å². The van der Waals surface area contributed by atoms with Crippen LogP contribution in [-0.4, -0.2) is 75.0 Å². The van der Waals surface area contributed by atoms with Crippen LogP contribution in [-0.2, 0) is 19.6 Å². The van der Waals surface area contributed by atoms with Crippen LogP contribution < -0.4 is 10.6 Å². The number of hydrogen-bond acceptors (Lipinski definition) is 6. The molecular weight excluding hydrogens is 396 g/mol. The molecule has 2 aliphatic heterocycles. The van der Waals surface area contributed by atoms with E-state index in [-0.39, 0.29) is 17.5 Å². The van der Waals surface area contributed by atoms with E-state index in [1.165, 1.54) is 4.31 Å². The average Bonchev–Trinajstić information content (AvgIpc) is 2.69. The van der Waals surface area contributed by atoms with Crippen LogP contribution in [0, 0.1) is 0 Å². The van der Waals surface area contributed by atoms with Gasteiger partial charge in [-0.25, -0.2) is 18.0 Å². The molecule has 0 aromatic heterocycles. The zero-order chi connectivity index (χ0) is 21.0. The normalized spacial score (nSPS) is 21.4. The van der Waals surface area contributed by atoms with Gasteiger partial charge in [0.2, 0.25) is 10.0 Å². The molecule has 9 nitrogen and oxygen atoms in total. The van der Waals surface area contributed by atoms with Gasteiger partial charge in [-0.2, -0.15) is 4.31 Å². The predicted octanol–water partition coefficient (Wildman–Crippen LogP) is 0.511. The number of amides is 2. The highest BCUT2D eigenvalue weighted by Crippen LogP contribution is 2.19. The maximum atomic E-state index is 12.8. The summed E-state index contributed by atoms with van der Waals surface area (Å²) in [5, 5.41) is 5.37. The molecule has 2 aliphatic rings. The van der Waals surface area contributed by atoms with Crippen LogP contribution in [0.2, 0.25) is 0 Å². The molecule has 10 heteroatoms. The third-order valence-corrected chi connectivity index (χ3v) is 6.87. The number of benzene rings is 1. The Morgan fingerprint density at radius 2 is 1.83 bits per heavy atom. The smallest absolute Gasteiger partial charge is 0.337 e. The summed E-state index contributed by atoms with van der Waals surface area (Å²) in [4.78, 5) is 26.5. The van der Waals surface area contributed by atoms with E-state index in [4.69, 9.17) is 4.74 Å². The van der Waals surface area contributed by atoms with Crippen molar-refractivity contribution in [3.05, 3.63) is 41.6 Å². The van der Waals surface area contributed by atoms with E-state index in [2.05, 4.69) is 10.6 Å². The van der Waals surface area contributed by atoms with Crippen LogP contribution >= 0.6 is 0 Å². The highest BCUT2D eigenvalue weighted by atomic mass is 32.2. The molecule has 0 spiro atoms. The second-order valence-electron chi connectivity index (χ2n) is 6.93. The molecule has 2 N–H and O–H groups in total. The Morgan fingerprint density at radius 1 is 1.17 bits per heavy atom. The lowest BCUT2D eigenvalue weighted by Crippen LogP contribution is -2.53. The highest BCUT2D eigenvalue weighted by Gasteiger charge is 2.33. The van der Waals surface area contributed by atoms with Gasteiger partial charge in [-0.05, 0) is 26.0 Å². The van der Waals surface area contributed by atoms with Gasteiger partial charge in [-0.15, -0.1) is 0 Å². The van der Waals surface area contributed by atoms with Crippen LogP contribution in [0.3, 0.4) is 0 Å². The number of nitrogens with zero attached hydrogens (tertiary/aromatic N) is 2. The van der Waals surface area contributed by atoms with Crippen molar-refractivity contribution < 1.29 is 22.7 Å². The van der Waals surface area contributed by atoms with Crippen molar-refractivity contribution in [2.75, 3.05) is 39.3 Å². The number of rotatable bonds is 6. The lowest BCUT2D eigenvalue weighted by Gasteiger charge is -2.36. The Kier molecular flexibility index (Phi) is 6.56. The molecule has 2 heterocycles. The number of hydrogen-bond donors (Lipinski definition) is 2. The van der Waals surface area contributed by atoms with Crippen LogP contribution in [0.15, 0.2) is 46.5 Å². The van der Waals surface area contributed by atoms with Crippen LogP contribution in [0.25, 0.3) is 0 Å². The largest absolute Gasteiger partial charge is 0.463 e. The van der Waals surface area contributed by atoms with Gasteiger partial charge in [-0.3, -0.25) is 4.90 Å². The van der Waals surface area contributed by atoms with E-state index in [0.717, 1.165) is 0 Å². The number of esters is 1. The summed E-state index contributed by atoms with van der Waals surface area (Å²) in [6.07, 6.45) is 0. The topological polar surface area (TPSA) is 108 Å². The molecule has 1 atom stereocenters. The number of sulfonamides is 1. The fourth-order valence-corrected chi connectivity index (χ4v) is 4.94. The maximum Gasteiger partial charge on any atom is 0.337 e. The van der Waals surface area contributed by atoms with E-state index >= 15 is 0 Å². The van der Waals surface area contributed by atoms with Crippen LogP contribution in [0.4, 0.5) is 4.79 Å². The number of piperazine rings is 1. The van der Waals surface area contributed by atoms with E-state index < -0.39 is 22.0 Å². The Labute approximate surface area is 170 Å². The van der Waals surface area contributed by atoms with Gasteiger partial charge < -0.3 is 15.4 Å². The first-order valence-corrected chi connectivity index (χ1v) is 11.0. The van der Waals surface area contributed by atoms with Gasteiger partial charge in [0.1, 0.15) is 0 Å². The molecule has 1 aromatic carbocycles. The number of ether oxygens (including phenoxy) is 1. The lowest BCUT2D eigenvalue weighted by atomic mass is 10.0. The second kappa shape index (κ2) is 8.93. The van der Waals surface area contributed by atoms with E-state index in [0.29, 0.717) is 44.0 Å². The van der Waals surface area contributed by atoms with E-state index in [9.17, 15) is 18.0 Å². The molecule has 0 bridgehead atoms. The minimum absolute atomic E-state index is 0.242. The molecule has 2 amide bonds. The number of carbonyl (C=O) groups excluding carboxylic acids is 2. The summed E-state index contributed by atoms with van der Waals surface area (Å²) in [5.74, 6) is -0.465. The summed E-state index contributed by atoms with van der Waals surface area (Å²) in [6.45, 7) is 5.69. The second-order valence-corrected chi connectivity index (χ2v) is 8.86. The summed E-state index contributed by atoms with van der Waals surface area (Å²) < 4.78 is 32.1. The molecule has 0 unspecified atom stereocenters. The summed E-state index contributed by atoms with van der Waals surface area (Å²) in [5.41, 5.74) is 0.893. The SMILES string of the molecule is CCOC(=O)C1=C(CN2CCN(S(=O)(=O)c3ccccc3)CC2)NC(=O)N[C@@H]1C. The zero-order valence-electron chi connectivity index (χ0n) is 16.6. The zero-order valence-corrected chi connectivity index (χ0v) is 17.4. The first-order chi connectivity index (χ1) is 13.8. The van der Waals surface area contributed by atoms with Gasteiger partial charge in [0.05, 0.1) is 23.1 Å². The molecular formula is C19H26N4O5S. The van der Waals surface area contributed by atoms with Crippen LogP contribution in [0.5, 0.6) is 0 Å². The van der Waals surface area contributed by atoms with Crippen LogP contribution in [0.1, 0.15) is 13.8 Å². The molecule has 0 radical (unpaired) electrons. The number of carbonyl (C=O) groups is 2. The molecule has 0 saturated carbocycles.